The normalized spacial score (nSPS) is 12.3. The summed E-state index contributed by atoms with van der Waals surface area (Å²) in [7, 11) is -3.74. The maximum Gasteiger partial charge on any atom is 0.297 e. The summed E-state index contributed by atoms with van der Waals surface area (Å²) in [5.74, 6) is 0. The van der Waals surface area contributed by atoms with Gasteiger partial charge in [0.05, 0.1) is 11.5 Å². The van der Waals surface area contributed by atoms with Crippen molar-refractivity contribution in [2.24, 2.45) is 0 Å². The van der Waals surface area contributed by atoms with E-state index in [-0.39, 0.29) is 16.9 Å². The molecular weight excluding hydrogens is 352 g/mol. The molecule has 0 aliphatic carbocycles. The van der Waals surface area contributed by atoms with Gasteiger partial charge in [0.15, 0.2) is 0 Å². The van der Waals surface area contributed by atoms with Crippen molar-refractivity contribution < 1.29 is 12.6 Å². The Bertz CT molecular complexity index is 692. The van der Waals surface area contributed by atoms with Crippen molar-refractivity contribution in [1.29, 1.82) is 0 Å². The van der Waals surface area contributed by atoms with E-state index in [1.165, 1.54) is 12.1 Å². The number of rotatable bonds is 5. The Morgan fingerprint density at radius 2 is 1.57 bits per heavy atom. The Labute approximate surface area is 134 Å². The van der Waals surface area contributed by atoms with Crippen molar-refractivity contribution in [1.82, 2.24) is 0 Å². The van der Waals surface area contributed by atoms with Gasteiger partial charge in [-0.25, -0.2) is 0 Å². The average molecular weight is 369 g/mol. The highest BCUT2D eigenvalue weighted by atomic mass is 79.9. The van der Waals surface area contributed by atoms with E-state index in [2.05, 4.69) is 15.9 Å². The molecule has 0 atom stereocenters. The van der Waals surface area contributed by atoms with Gasteiger partial charge in [-0.1, -0.05) is 60.1 Å². The predicted molar refractivity (Wildman–Crippen MR) is 86.7 cm³/mol. The van der Waals surface area contributed by atoms with E-state index in [0.29, 0.717) is 0 Å². The first-order valence-corrected chi connectivity index (χ1v) is 8.72. The molecule has 0 saturated carbocycles. The van der Waals surface area contributed by atoms with Crippen LogP contribution < -0.4 is 0 Å². The lowest BCUT2D eigenvalue weighted by Gasteiger charge is -2.24. The van der Waals surface area contributed by atoms with Crippen LogP contribution in [0.2, 0.25) is 0 Å². The summed E-state index contributed by atoms with van der Waals surface area (Å²) in [6.45, 7) is 4.01. The summed E-state index contributed by atoms with van der Waals surface area (Å²) in [6, 6.07) is 16.1. The van der Waals surface area contributed by atoms with Crippen molar-refractivity contribution in [3.8, 4) is 0 Å². The number of hydrogen-bond donors (Lipinski definition) is 0. The van der Waals surface area contributed by atoms with E-state index < -0.39 is 10.1 Å². The van der Waals surface area contributed by atoms with Crippen molar-refractivity contribution in [3.05, 3.63) is 64.6 Å². The van der Waals surface area contributed by atoms with Gasteiger partial charge in [-0.05, 0) is 29.8 Å². The third-order valence-corrected chi connectivity index (χ3v) is 5.04. The van der Waals surface area contributed by atoms with E-state index in [4.69, 9.17) is 4.18 Å². The minimum Gasteiger partial charge on any atom is -0.265 e. The maximum atomic E-state index is 12.2. The molecule has 21 heavy (non-hydrogen) atoms. The third kappa shape index (κ3) is 4.15. The van der Waals surface area contributed by atoms with Gasteiger partial charge in [0.2, 0.25) is 0 Å². The zero-order valence-electron chi connectivity index (χ0n) is 11.9. The SMILES string of the molecule is CC(C)(COS(=O)(=O)c1ccc(Br)cc1)c1ccccc1. The Morgan fingerprint density at radius 1 is 1.00 bits per heavy atom. The predicted octanol–water partition coefficient (Wildman–Crippen LogP) is 4.13. The van der Waals surface area contributed by atoms with E-state index >= 15 is 0 Å². The lowest BCUT2D eigenvalue weighted by molar-refractivity contribution is 0.246. The molecule has 0 aliphatic heterocycles. The summed E-state index contributed by atoms with van der Waals surface area (Å²) >= 11 is 3.28. The molecule has 0 spiro atoms. The molecular formula is C16H17BrO3S. The molecule has 5 heteroatoms. The summed E-state index contributed by atoms with van der Waals surface area (Å²) in [4.78, 5) is 0.162. The molecule has 0 heterocycles. The van der Waals surface area contributed by atoms with Gasteiger partial charge in [-0.3, -0.25) is 4.18 Å². The summed E-state index contributed by atoms with van der Waals surface area (Å²) < 4.78 is 30.4. The zero-order valence-corrected chi connectivity index (χ0v) is 14.3. The molecule has 2 aromatic carbocycles. The maximum absolute atomic E-state index is 12.2. The molecule has 112 valence electrons. The van der Waals surface area contributed by atoms with Crippen molar-refractivity contribution in [3.63, 3.8) is 0 Å². The zero-order chi connectivity index (χ0) is 15.5. The quantitative estimate of drug-likeness (QED) is 0.745. The van der Waals surface area contributed by atoms with Crippen LogP contribution in [0, 0.1) is 0 Å². The summed E-state index contributed by atoms with van der Waals surface area (Å²) in [5.41, 5.74) is 0.653. The van der Waals surface area contributed by atoms with Crippen LogP contribution in [-0.4, -0.2) is 15.0 Å². The molecule has 3 nitrogen and oxygen atoms in total. The second kappa shape index (κ2) is 6.30. The molecule has 2 rings (SSSR count). The monoisotopic (exact) mass is 368 g/mol. The fourth-order valence-corrected chi connectivity index (χ4v) is 3.19. The molecule has 0 bridgehead atoms. The van der Waals surface area contributed by atoms with Crippen LogP contribution in [0.25, 0.3) is 0 Å². The second-order valence-corrected chi connectivity index (χ2v) is 7.95. The minimum absolute atomic E-state index is 0.0927. The van der Waals surface area contributed by atoms with Gasteiger partial charge in [-0.2, -0.15) is 8.42 Å². The molecule has 0 aromatic heterocycles. The smallest absolute Gasteiger partial charge is 0.265 e. The molecule has 0 unspecified atom stereocenters. The molecule has 0 radical (unpaired) electrons. The Hall–Kier alpha value is -1.17. The average Bonchev–Trinajstić information content (AvgIpc) is 2.47. The van der Waals surface area contributed by atoms with Crippen LogP contribution in [0.1, 0.15) is 19.4 Å². The van der Waals surface area contributed by atoms with Gasteiger partial charge < -0.3 is 0 Å². The van der Waals surface area contributed by atoms with Crippen LogP contribution in [0.15, 0.2) is 64.0 Å². The largest absolute Gasteiger partial charge is 0.297 e. The van der Waals surface area contributed by atoms with Crippen LogP contribution in [0.3, 0.4) is 0 Å². The standard InChI is InChI=1S/C16H17BrO3S/c1-16(2,13-6-4-3-5-7-13)12-20-21(18,19)15-10-8-14(17)9-11-15/h3-11H,12H2,1-2H3. The molecule has 0 aliphatic rings. The lowest BCUT2D eigenvalue weighted by atomic mass is 9.86. The topological polar surface area (TPSA) is 43.4 Å². The second-order valence-electron chi connectivity index (χ2n) is 5.42. The van der Waals surface area contributed by atoms with E-state index in [0.717, 1.165) is 10.0 Å². The number of halogens is 1. The third-order valence-electron chi connectivity index (χ3n) is 3.23. The van der Waals surface area contributed by atoms with E-state index in [1.54, 1.807) is 12.1 Å². The number of hydrogen-bond acceptors (Lipinski definition) is 3. The summed E-state index contributed by atoms with van der Waals surface area (Å²) in [5, 5.41) is 0. The van der Waals surface area contributed by atoms with Gasteiger partial charge in [0, 0.05) is 9.89 Å². The Morgan fingerprint density at radius 3 is 2.14 bits per heavy atom. The molecule has 2 aromatic rings. The van der Waals surface area contributed by atoms with Crippen molar-refractivity contribution >= 4 is 26.0 Å². The van der Waals surface area contributed by atoms with Crippen LogP contribution in [0.5, 0.6) is 0 Å². The highest BCUT2D eigenvalue weighted by Gasteiger charge is 2.25. The first-order valence-electron chi connectivity index (χ1n) is 6.52. The van der Waals surface area contributed by atoms with Gasteiger partial charge in [0.25, 0.3) is 10.1 Å². The highest BCUT2D eigenvalue weighted by molar-refractivity contribution is 9.10. The first-order chi connectivity index (χ1) is 9.81. The van der Waals surface area contributed by atoms with Gasteiger partial charge >= 0.3 is 0 Å². The van der Waals surface area contributed by atoms with Crippen LogP contribution >= 0.6 is 15.9 Å². The first kappa shape index (κ1) is 16.2. The van der Waals surface area contributed by atoms with Gasteiger partial charge in [-0.15, -0.1) is 0 Å². The molecule has 0 N–H and O–H groups in total. The van der Waals surface area contributed by atoms with Crippen LogP contribution in [0.4, 0.5) is 0 Å². The minimum atomic E-state index is -3.74. The van der Waals surface area contributed by atoms with Crippen molar-refractivity contribution in [2.45, 2.75) is 24.2 Å². The van der Waals surface area contributed by atoms with E-state index in [1.807, 2.05) is 44.2 Å². The molecule has 0 fully saturated rings. The molecule has 0 amide bonds. The number of benzene rings is 2. The van der Waals surface area contributed by atoms with Gasteiger partial charge in [0.1, 0.15) is 0 Å². The highest BCUT2D eigenvalue weighted by Crippen LogP contribution is 2.25. The lowest BCUT2D eigenvalue weighted by Crippen LogP contribution is -2.26. The Kier molecular flexibility index (Phi) is 4.86. The fraction of sp³-hybridized carbons (Fsp3) is 0.250. The summed E-state index contributed by atoms with van der Waals surface area (Å²) in [6.07, 6.45) is 0. The fourth-order valence-electron chi connectivity index (χ4n) is 1.87. The van der Waals surface area contributed by atoms with Crippen LogP contribution in [-0.2, 0) is 19.7 Å². The Balaban J connectivity index is 2.13. The van der Waals surface area contributed by atoms with Crippen molar-refractivity contribution in [2.75, 3.05) is 6.61 Å². The molecule has 0 saturated heterocycles. The van der Waals surface area contributed by atoms with E-state index in [9.17, 15) is 8.42 Å².